The van der Waals surface area contributed by atoms with Crippen LogP contribution in [0.15, 0.2) is 41.7 Å². The number of hydrogen-bond acceptors (Lipinski definition) is 4. The Morgan fingerprint density at radius 1 is 1.22 bits per heavy atom. The van der Waals surface area contributed by atoms with Crippen LogP contribution in [0.1, 0.15) is 33.0 Å². The highest BCUT2D eigenvalue weighted by Gasteiger charge is 2.06. The van der Waals surface area contributed by atoms with Crippen molar-refractivity contribution in [3.63, 3.8) is 0 Å². The average molecular weight is 486 g/mol. The normalized spacial score (nSPS) is 11.3. The maximum Gasteiger partial charge on any atom is 0.191 e. The van der Waals surface area contributed by atoms with E-state index in [0.29, 0.717) is 12.5 Å². The van der Waals surface area contributed by atoms with Gasteiger partial charge in [-0.25, -0.2) is 4.99 Å². The minimum atomic E-state index is 0. The summed E-state index contributed by atoms with van der Waals surface area (Å²) in [7, 11) is 0. The highest BCUT2D eigenvalue weighted by Crippen LogP contribution is 2.09. The van der Waals surface area contributed by atoms with Gasteiger partial charge in [-0.15, -0.1) is 34.2 Å². The average Bonchev–Trinajstić information content (AvgIpc) is 3.11. The summed E-state index contributed by atoms with van der Waals surface area (Å²) in [5.41, 5.74) is 1.03. The predicted molar refractivity (Wildman–Crippen MR) is 120 cm³/mol. The molecule has 150 valence electrons. The van der Waals surface area contributed by atoms with Crippen LogP contribution in [0.3, 0.4) is 0 Å². The van der Waals surface area contributed by atoms with Gasteiger partial charge in [0.15, 0.2) is 11.8 Å². The van der Waals surface area contributed by atoms with Crippen LogP contribution >= 0.6 is 24.0 Å². The van der Waals surface area contributed by atoms with Crippen LogP contribution in [0, 0.1) is 5.92 Å². The zero-order chi connectivity index (χ0) is 18.6. The van der Waals surface area contributed by atoms with Crippen molar-refractivity contribution >= 4 is 29.9 Å². The SMILES string of the molecule is CCNC(=NCc1nncn1-c1ccccc1)NCCCOCC(C)C.I. The Hall–Kier alpha value is -1.68. The maximum absolute atomic E-state index is 5.60. The van der Waals surface area contributed by atoms with Gasteiger partial charge in [0.1, 0.15) is 12.9 Å². The molecule has 0 unspecified atom stereocenters. The molecule has 0 amide bonds. The van der Waals surface area contributed by atoms with Crippen LogP contribution in [-0.2, 0) is 11.3 Å². The van der Waals surface area contributed by atoms with E-state index in [-0.39, 0.29) is 24.0 Å². The molecule has 7 nitrogen and oxygen atoms in total. The first-order chi connectivity index (χ1) is 12.7. The molecule has 2 aromatic rings. The lowest BCUT2D eigenvalue weighted by Gasteiger charge is -2.12. The molecule has 0 atom stereocenters. The summed E-state index contributed by atoms with van der Waals surface area (Å²) in [6, 6.07) is 10.0. The summed E-state index contributed by atoms with van der Waals surface area (Å²) < 4.78 is 7.55. The second kappa shape index (κ2) is 13.5. The summed E-state index contributed by atoms with van der Waals surface area (Å²) in [6.07, 6.45) is 2.66. The Labute approximate surface area is 179 Å². The number of aromatic nitrogens is 3. The molecule has 27 heavy (non-hydrogen) atoms. The van der Waals surface area contributed by atoms with Crippen molar-refractivity contribution in [2.75, 3.05) is 26.3 Å². The molecule has 0 bridgehead atoms. The van der Waals surface area contributed by atoms with Crippen LogP contribution < -0.4 is 10.6 Å². The number of para-hydroxylation sites is 1. The van der Waals surface area contributed by atoms with Crippen LogP contribution in [-0.4, -0.2) is 47.0 Å². The van der Waals surface area contributed by atoms with E-state index in [0.717, 1.165) is 50.2 Å². The van der Waals surface area contributed by atoms with Crippen LogP contribution in [0.5, 0.6) is 0 Å². The van der Waals surface area contributed by atoms with Crippen LogP contribution in [0.2, 0.25) is 0 Å². The lowest BCUT2D eigenvalue weighted by molar-refractivity contribution is 0.108. The molecule has 0 saturated carbocycles. The maximum atomic E-state index is 5.60. The fourth-order valence-electron chi connectivity index (χ4n) is 2.36. The lowest BCUT2D eigenvalue weighted by Crippen LogP contribution is -2.38. The highest BCUT2D eigenvalue weighted by atomic mass is 127. The van der Waals surface area contributed by atoms with Crippen molar-refractivity contribution in [1.82, 2.24) is 25.4 Å². The Balaban J connectivity index is 0.00000364. The Bertz CT molecular complexity index is 659. The molecule has 0 aliphatic heterocycles. The molecular formula is C19H31IN6O. The number of nitrogens with zero attached hydrogens (tertiary/aromatic N) is 4. The van der Waals surface area contributed by atoms with Gasteiger partial charge in [-0.05, 0) is 31.4 Å². The molecule has 1 heterocycles. The molecule has 0 aliphatic rings. The number of nitrogens with one attached hydrogen (secondary N) is 2. The van der Waals surface area contributed by atoms with E-state index in [9.17, 15) is 0 Å². The van der Waals surface area contributed by atoms with Gasteiger partial charge in [-0.2, -0.15) is 0 Å². The van der Waals surface area contributed by atoms with Crippen LogP contribution in [0.25, 0.3) is 5.69 Å². The summed E-state index contributed by atoms with van der Waals surface area (Å²) in [6.45, 7) is 10.0. The topological polar surface area (TPSA) is 76.4 Å². The zero-order valence-electron chi connectivity index (χ0n) is 16.4. The summed E-state index contributed by atoms with van der Waals surface area (Å²) >= 11 is 0. The first-order valence-corrected chi connectivity index (χ1v) is 9.25. The number of halogens is 1. The van der Waals surface area contributed by atoms with Gasteiger partial charge < -0.3 is 15.4 Å². The second-order valence-electron chi connectivity index (χ2n) is 6.40. The molecule has 2 N–H and O–H groups in total. The molecule has 0 saturated heterocycles. The molecular weight excluding hydrogens is 455 g/mol. The van der Waals surface area contributed by atoms with E-state index in [4.69, 9.17) is 4.74 Å². The molecule has 2 rings (SSSR count). The Morgan fingerprint density at radius 2 is 2.00 bits per heavy atom. The highest BCUT2D eigenvalue weighted by molar-refractivity contribution is 14.0. The molecule has 0 aliphatic carbocycles. The Morgan fingerprint density at radius 3 is 2.70 bits per heavy atom. The number of guanidine groups is 1. The van der Waals surface area contributed by atoms with E-state index in [2.05, 4.69) is 46.6 Å². The number of hydrogen-bond donors (Lipinski definition) is 2. The quantitative estimate of drug-likeness (QED) is 0.234. The number of aliphatic imine (C=N–C) groups is 1. The van der Waals surface area contributed by atoms with E-state index in [1.807, 2.05) is 34.9 Å². The standard InChI is InChI=1S/C19H30N6O.HI/c1-4-20-19(21-11-8-12-26-14-16(2)3)22-13-18-24-23-15-25(18)17-9-6-5-7-10-17;/h5-7,9-10,15-16H,4,8,11-14H2,1-3H3,(H2,20,21,22);1H. The van der Waals surface area contributed by atoms with Crippen molar-refractivity contribution in [3.8, 4) is 5.69 Å². The third kappa shape index (κ3) is 8.70. The van der Waals surface area contributed by atoms with Gasteiger partial charge in [-0.1, -0.05) is 32.0 Å². The van der Waals surface area contributed by atoms with Crippen molar-refractivity contribution in [3.05, 3.63) is 42.5 Å². The number of rotatable bonds is 10. The van der Waals surface area contributed by atoms with Crippen molar-refractivity contribution in [2.45, 2.75) is 33.7 Å². The minimum Gasteiger partial charge on any atom is -0.381 e. The van der Waals surface area contributed by atoms with Gasteiger partial charge in [0.05, 0.1) is 0 Å². The summed E-state index contributed by atoms with van der Waals surface area (Å²) in [4.78, 5) is 4.62. The van der Waals surface area contributed by atoms with Crippen molar-refractivity contribution < 1.29 is 4.74 Å². The third-order valence-corrected chi connectivity index (χ3v) is 3.58. The summed E-state index contributed by atoms with van der Waals surface area (Å²) in [5.74, 6) is 2.15. The largest absolute Gasteiger partial charge is 0.381 e. The van der Waals surface area contributed by atoms with Gasteiger partial charge in [-0.3, -0.25) is 4.57 Å². The van der Waals surface area contributed by atoms with Gasteiger partial charge in [0.2, 0.25) is 0 Å². The van der Waals surface area contributed by atoms with E-state index in [1.54, 1.807) is 6.33 Å². The fraction of sp³-hybridized carbons (Fsp3) is 0.526. The molecule has 0 spiro atoms. The van der Waals surface area contributed by atoms with Crippen LogP contribution in [0.4, 0.5) is 0 Å². The number of benzene rings is 1. The second-order valence-corrected chi connectivity index (χ2v) is 6.40. The first-order valence-electron chi connectivity index (χ1n) is 9.25. The van der Waals surface area contributed by atoms with Crippen molar-refractivity contribution in [2.24, 2.45) is 10.9 Å². The lowest BCUT2D eigenvalue weighted by atomic mass is 10.2. The monoisotopic (exact) mass is 486 g/mol. The molecule has 0 radical (unpaired) electrons. The Kier molecular flexibility index (Phi) is 11.7. The molecule has 1 aromatic carbocycles. The van der Waals surface area contributed by atoms with E-state index >= 15 is 0 Å². The molecule has 8 heteroatoms. The smallest absolute Gasteiger partial charge is 0.191 e. The van der Waals surface area contributed by atoms with Gasteiger partial charge in [0, 0.05) is 32.0 Å². The van der Waals surface area contributed by atoms with E-state index < -0.39 is 0 Å². The molecule has 1 aromatic heterocycles. The van der Waals surface area contributed by atoms with Gasteiger partial charge >= 0.3 is 0 Å². The predicted octanol–water partition coefficient (Wildman–Crippen LogP) is 3.00. The van der Waals surface area contributed by atoms with E-state index in [1.165, 1.54) is 0 Å². The first kappa shape index (κ1) is 23.4. The fourth-order valence-corrected chi connectivity index (χ4v) is 2.36. The minimum absolute atomic E-state index is 0. The van der Waals surface area contributed by atoms with Crippen molar-refractivity contribution in [1.29, 1.82) is 0 Å². The third-order valence-electron chi connectivity index (χ3n) is 3.58. The zero-order valence-corrected chi connectivity index (χ0v) is 18.7. The molecule has 0 fully saturated rings. The van der Waals surface area contributed by atoms with Gasteiger partial charge in [0.25, 0.3) is 0 Å². The number of ether oxygens (including phenoxy) is 1. The summed E-state index contributed by atoms with van der Waals surface area (Å²) in [5, 5.41) is 14.8.